The molecule has 76 valence electrons. The van der Waals surface area contributed by atoms with Crippen LogP contribution in [0.4, 0.5) is 0 Å². The summed E-state index contributed by atoms with van der Waals surface area (Å²) in [6.07, 6.45) is 2.04. The molecule has 0 bridgehead atoms. The quantitative estimate of drug-likeness (QED) is 0.713. The maximum Gasteiger partial charge on any atom is 0.303 e. The fourth-order valence-corrected chi connectivity index (χ4v) is 1.72. The first-order valence-electron chi connectivity index (χ1n) is 4.86. The minimum atomic E-state index is -0.695. The molecule has 1 N–H and O–H groups in total. The molecule has 1 aliphatic heterocycles. The summed E-state index contributed by atoms with van der Waals surface area (Å²) in [4.78, 5) is 10.3. The topological polar surface area (TPSA) is 46.5 Å². The van der Waals surface area contributed by atoms with E-state index in [-0.39, 0.29) is 11.8 Å². The predicted octanol–water partition coefficient (Wildman–Crippen LogP) is 1.91. The van der Waals surface area contributed by atoms with Gasteiger partial charge in [-0.3, -0.25) is 4.79 Å². The Morgan fingerprint density at radius 2 is 2.15 bits per heavy atom. The van der Waals surface area contributed by atoms with Gasteiger partial charge in [-0.2, -0.15) is 0 Å². The summed E-state index contributed by atoms with van der Waals surface area (Å²) in [5, 5.41) is 8.51. The van der Waals surface area contributed by atoms with E-state index in [0.29, 0.717) is 5.92 Å². The van der Waals surface area contributed by atoms with Crippen LogP contribution in [0.5, 0.6) is 0 Å². The van der Waals surface area contributed by atoms with Crippen molar-refractivity contribution in [1.29, 1.82) is 0 Å². The van der Waals surface area contributed by atoms with Gasteiger partial charge in [0, 0.05) is 11.8 Å². The molecule has 3 heteroatoms. The average Bonchev–Trinajstić information content (AvgIpc) is 1.93. The van der Waals surface area contributed by atoms with Crippen LogP contribution in [0, 0.1) is 11.3 Å². The zero-order valence-corrected chi connectivity index (χ0v) is 8.38. The maximum atomic E-state index is 10.3. The van der Waals surface area contributed by atoms with Gasteiger partial charge >= 0.3 is 5.97 Å². The highest BCUT2D eigenvalue weighted by atomic mass is 16.5. The summed E-state index contributed by atoms with van der Waals surface area (Å²) < 4.78 is 5.21. The Balaban J connectivity index is 2.28. The van der Waals surface area contributed by atoms with E-state index in [1.807, 2.05) is 0 Å². The second-order valence-electron chi connectivity index (χ2n) is 4.26. The van der Waals surface area contributed by atoms with Crippen LogP contribution in [0.25, 0.3) is 0 Å². The van der Waals surface area contributed by atoms with E-state index in [0.717, 1.165) is 26.1 Å². The van der Waals surface area contributed by atoms with Crippen molar-refractivity contribution in [3.05, 3.63) is 0 Å². The second-order valence-corrected chi connectivity index (χ2v) is 4.26. The van der Waals surface area contributed by atoms with Gasteiger partial charge < -0.3 is 9.84 Å². The van der Waals surface area contributed by atoms with Gasteiger partial charge in [0.2, 0.25) is 0 Å². The molecule has 1 aliphatic rings. The normalized spacial score (nSPS) is 19.9. The molecular formula is C10H18O3. The number of hydrogen-bond donors (Lipinski definition) is 1. The molecule has 0 saturated carbocycles. The third-order valence-corrected chi connectivity index (χ3v) is 3.07. The van der Waals surface area contributed by atoms with E-state index in [4.69, 9.17) is 9.84 Å². The Morgan fingerprint density at radius 1 is 1.54 bits per heavy atom. The van der Waals surface area contributed by atoms with E-state index in [9.17, 15) is 4.79 Å². The van der Waals surface area contributed by atoms with Gasteiger partial charge in [-0.1, -0.05) is 13.8 Å². The van der Waals surface area contributed by atoms with Gasteiger partial charge in [-0.05, 0) is 18.8 Å². The van der Waals surface area contributed by atoms with Gasteiger partial charge in [0.15, 0.2) is 0 Å². The molecule has 0 aromatic heterocycles. The lowest BCUT2D eigenvalue weighted by atomic mass is 9.72. The molecule has 3 nitrogen and oxygen atoms in total. The molecule has 0 aromatic rings. The first-order chi connectivity index (χ1) is 6.07. The van der Waals surface area contributed by atoms with Crippen LogP contribution in [0.1, 0.15) is 33.1 Å². The van der Waals surface area contributed by atoms with E-state index in [1.54, 1.807) is 0 Å². The van der Waals surface area contributed by atoms with Crippen LogP contribution >= 0.6 is 0 Å². The molecule has 1 rings (SSSR count). The Labute approximate surface area is 79.1 Å². The molecule has 13 heavy (non-hydrogen) atoms. The smallest absolute Gasteiger partial charge is 0.303 e. The summed E-state index contributed by atoms with van der Waals surface area (Å²) >= 11 is 0. The van der Waals surface area contributed by atoms with Crippen LogP contribution in [0.15, 0.2) is 0 Å². The van der Waals surface area contributed by atoms with Gasteiger partial charge in [0.05, 0.1) is 13.2 Å². The van der Waals surface area contributed by atoms with Gasteiger partial charge in [0.1, 0.15) is 0 Å². The summed E-state index contributed by atoms with van der Waals surface area (Å²) in [5.41, 5.74) is 0.273. The minimum absolute atomic E-state index is 0.273. The summed E-state index contributed by atoms with van der Waals surface area (Å²) in [5.74, 6) is -0.103. The molecule has 1 saturated heterocycles. The number of carboxylic acid groups (broad SMARTS) is 1. The number of carboxylic acids is 1. The number of carbonyl (C=O) groups is 1. The van der Waals surface area contributed by atoms with Gasteiger partial charge in [-0.25, -0.2) is 0 Å². The predicted molar refractivity (Wildman–Crippen MR) is 49.6 cm³/mol. The molecule has 1 heterocycles. The van der Waals surface area contributed by atoms with Crippen LogP contribution in [0.3, 0.4) is 0 Å². The lowest BCUT2D eigenvalue weighted by Crippen LogP contribution is -2.46. The molecule has 0 aromatic carbocycles. The maximum absolute atomic E-state index is 10.3. The van der Waals surface area contributed by atoms with Gasteiger partial charge in [-0.15, -0.1) is 0 Å². The average molecular weight is 186 g/mol. The number of aliphatic carboxylic acids is 1. The molecule has 0 unspecified atom stereocenters. The molecule has 0 spiro atoms. The first kappa shape index (κ1) is 10.5. The Morgan fingerprint density at radius 3 is 2.46 bits per heavy atom. The summed E-state index contributed by atoms with van der Waals surface area (Å²) in [6.45, 7) is 5.99. The molecular weight excluding hydrogens is 168 g/mol. The summed E-state index contributed by atoms with van der Waals surface area (Å²) in [6, 6.07) is 0. The molecule has 0 radical (unpaired) electrons. The third kappa shape index (κ3) is 2.44. The van der Waals surface area contributed by atoms with Crippen molar-refractivity contribution in [2.45, 2.75) is 33.1 Å². The molecule has 0 atom stereocenters. The number of ether oxygens (including phenoxy) is 1. The Hall–Kier alpha value is -0.570. The van der Waals surface area contributed by atoms with Crippen molar-refractivity contribution in [3.8, 4) is 0 Å². The van der Waals surface area contributed by atoms with E-state index in [2.05, 4.69) is 13.8 Å². The van der Waals surface area contributed by atoms with Crippen LogP contribution < -0.4 is 0 Å². The lowest BCUT2D eigenvalue weighted by Gasteiger charge is -2.45. The number of rotatable bonds is 5. The third-order valence-electron chi connectivity index (χ3n) is 3.07. The SMILES string of the molecule is CC(C)C1(CCCC(=O)O)COC1. The van der Waals surface area contributed by atoms with Crippen LogP contribution in [-0.2, 0) is 9.53 Å². The number of hydrogen-bond acceptors (Lipinski definition) is 2. The highest BCUT2D eigenvalue weighted by Gasteiger charge is 2.40. The molecule has 1 fully saturated rings. The van der Waals surface area contributed by atoms with Crippen molar-refractivity contribution in [3.63, 3.8) is 0 Å². The fourth-order valence-electron chi connectivity index (χ4n) is 1.72. The van der Waals surface area contributed by atoms with Crippen molar-refractivity contribution in [1.82, 2.24) is 0 Å². The van der Waals surface area contributed by atoms with E-state index >= 15 is 0 Å². The van der Waals surface area contributed by atoms with Crippen molar-refractivity contribution < 1.29 is 14.6 Å². The Kier molecular flexibility index (Phi) is 3.31. The van der Waals surface area contributed by atoms with Crippen molar-refractivity contribution >= 4 is 5.97 Å². The van der Waals surface area contributed by atoms with E-state index in [1.165, 1.54) is 0 Å². The molecule has 0 amide bonds. The largest absolute Gasteiger partial charge is 0.481 e. The van der Waals surface area contributed by atoms with E-state index < -0.39 is 5.97 Å². The Bertz CT molecular complexity index is 183. The van der Waals surface area contributed by atoms with Crippen molar-refractivity contribution in [2.75, 3.05) is 13.2 Å². The lowest BCUT2D eigenvalue weighted by molar-refractivity contribution is -0.147. The van der Waals surface area contributed by atoms with Gasteiger partial charge in [0.25, 0.3) is 0 Å². The van der Waals surface area contributed by atoms with Crippen LogP contribution in [-0.4, -0.2) is 24.3 Å². The molecule has 0 aliphatic carbocycles. The first-order valence-corrected chi connectivity index (χ1v) is 4.86. The highest BCUT2D eigenvalue weighted by molar-refractivity contribution is 5.66. The fraction of sp³-hybridized carbons (Fsp3) is 0.900. The minimum Gasteiger partial charge on any atom is -0.481 e. The van der Waals surface area contributed by atoms with Crippen molar-refractivity contribution in [2.24, 2.45) is 11.3 Å². The highest BCUT2D eigenvalue weighted by Crippen LogP contribution is 2.40. The standard InChI is InChI=1S/C10H18O3/c1-8(2)10(6-13-7-10)5-3-4-9(11)12/h8H,3-7H2,1-2H3,(H,11,12). The van der Waals surface area contributed by atoms with Crippen LogP contribution in [0.2, 0.25) is 0 Å². The second kappa shape index (κ2) is 4.09. The zero-order valence-electron chi connectivity index (χ0n) is 8.38. The monoisotopic (exact) mass is 186 g/mol. The zero-order chi connectivity index (χ0) is 9.90. The summed E-state index contributed by atoms with van der Waals surface area (Å²) in [7, 11) is 0.